The summed E-state index contributed by atoms with van der Waals surface area (Å²) >= 11 is 5.62. The van der Waals surface area contributed by atoms with Crippen molar-refractivity contribution in [2.45, 2.75) is 6.42 Å². The number of carbonyl (C=O) groups excluding carboxylic acids is 1. The zero-order valence-electron chi connectivity index (χ0n) is 8.96. The molecule has 0 bridgehead atoms. The zero-order chi connectivity index (χ0) is 13.5. The highest BCUT2D eigenvalue weighted by atomic mass is 35.5. The highest BCUT2D eigenvalue weighted by Crippen LogP contribution is 2.24. The summed E-state index contributed by atoms with van der Waals surface area (Å²) in [6.45, 7) is 0. The van der Waals surface area contributed by atoms with E-state index in [9.17, 15) is 14.9 Å². The van der Waals surface area contributed by atoms with Crippen molar-refractivity contribution in [2.24, 2.45) is 5.10 Å². The summed E-state index contributed by atoms with van der Waals surface area (Å²) in [6, 6.07) is 5.75. The molecule has 0 saturated heterocycles. The van der Waals surface area contributed by atoms with Gasteiger partial charge in [-0.15, -0.1) is 0 Å². The first-order chi connectivity index (χ1) is 8.54. The predicted octanol–water partition coefficient (Wildman–Crippen LogP) is 1.61. The number of halogens is 1. The fourth-order valence-electron chi connectivity index (χ4n) is 1.04. The second-order valence-corrected chi connectivity index (χ2v) is 3.50. The van der Waals surface area contributed by atoms with Crippen LogP contribution in [-0.2, 0) is 4.79 Å². The molecule has 0 heterocycles. The van der Waals surface area contributed by atoms with Crippen molar-refractivity contribution in [1.29, 1.82) is 5.26 Å². The Hall–Kier alpha value is -2.46. The van der Waals surface area contributed by atoms with Gasteiger partial charge < -0.3 is 0 Å². The van der Waals surface area contributed by atoms with Crippen LogP contribution in [0.5, 0.6) is 0 Å². The lowest BCUT2D eigenvalue weighted by atomic mass is 10.2. The summed E-state index contributed by atoms with van der Waals surface area (Å²) < 4.78 is 0. The number of rotatable bonds is 4. The van der Waals surface area contributed by atoms with Gasteiger partial charge in [-0.25, -0.2) is 5.43 Å². The molecule has 0 aliphatic heterocycles. The molecule has 7 nitrogen and oxygen atoms in total. The predicted molar refractivity (Wildman–Crippen MR) is 64.1 cm³/mol. The first kappa shape index (κ1) is 13.6. The number of nitrogens with one attached hydrogen (secondary N) is 1. The molecule has 1 aromatic carbocycles. The average molecular weight is 267 g/mol. The molecule has 1 N–H and O–H groups in total. The third kappa shape index (κ3) is 3.84. The van der Waals surface area contributed by atoms with Crippen LogP contribution >= 0.6 is 11.6 Å². The van der Waals surface area contributed by atoms with Crippen LogP contribution < -0.4 is 5.43 Å². The van der Waals surface area contributed by atoms with Crippen molar-refractivity contribution >= 4 is 29.4 Å². The smallest absolute Gasteiger partial charge is 0.272 e. The molecule has 0 aliphatic carbocycles. The van der Waals surface area contributed by atoms with E-state index in [0.717, 1.165) is 0 Å². The monoisotopic (exact) mass is 266 g/mol. The molecule has 1 aromatic rings. The van der Waals surface area contributed by atoms with Crippen LogP contribution in [-0.4, -0.2) is 17.0 Å². The zero-order valence-corrected chi connectivity index (χ0v) is 9.72. The van der Waals surface area contributed by atoms with Crippen molar-refractivity contribution in [2.75, 3.05) is 0 Å². The van der Waals surface area contributed by atoms with E-state index in [2.05, 4.69) is 10.5 Å². The van der Waals surface area contributed by atoms with Crippen LogP contribution in [0, 0.1) is 21.4 Å². The van der Waals surface area contributed by atoms with Crippen molar-refractivity contribution in [3.8, 4) is 6.07 Å². The maximum atomic E-state index is 10.9. The Balaban J connectivity index is 2.77. The number of nitriles is 1. The topological polar surface area (TPSA) is 108 Å². The first-order valence-electron chi connectivity index (χ1n) is 4.67. The van der Waals surface area contributed by atoms with Crippen LogP contribution in [0.1, 0.15) is 12.0 Å². The number of carbonyl (C=O) groups is 1. The van der Waals surface area contributed by atoms with Crippen LogP contribution in [0.15, 0.2) is 23.3 Å². The number of hydrogen-bond acceptors (Lipinski definition) is 5. The Morgan fingerprint density at radius 3 is 3.00 bits per heavy atom. The summed E-state index contributed by atoms with van der Waals surface area (Å²) in [4.78, 5) is 20.9. The molecule has 0 spiro atoms. The molecule has 0 fully saturated rings. The number of hydrogen-bond donors (Lipinski definition) is 1. The molecular formula is C10H7ClN4O3. The van der Waals surface area contributed by atoms with Crippen molar-refractivity contribution in [3.63, 3.8) is 0 Å². The summed E-state index contributed by atoms with van der Waals surface area (Å²) in [6.07, 6.45) is 0.913. The quantitative estimate of drug-likeness (QED) is 0.507. The second-order valence-electron chi connectivity index (χ2n) is 3.10. The molecule has 1 rings (SSSR count). The fourth-order valence-corrected chi connectivity index (χ4v) is 1.23. The standard InChI is InChI=1S/C10H7ClN4O3/c11-8-2-1-7(5-9(8)15(17)18)6-13-14-10(16)3-4-12/h1-2,5-6H,3H2,(H,14,16)/b13-6-. The van der Waals surface area contributed by atoms with Gasteiger partial charge in [0.15, 0.2) is 0 Å². The summed E-state index contributed by atoms with van der Waals surface area (Å²) in [7, 11) is 0. The minimum atomic E-state index is -0.617. The van der Waals surface area contributed by atoms with Gasteiger partial charge in [0.1, 0.15) is 11.4 Å². The highest BCUT2D eigenvalue weighted by Gasteiger charge is 2.11. The number of benzene rings is 1. The Morgan fingerprint density at radius 1 is 1.67 bits per heavy atom. The Labute approximate surface area is 107 Å². The number of hydrazone groups is 1. The maximum absolute atomic E-state index is 10.9. The van der Waals surface area contributed by atoms with E-state index in [1.54, 1.807) is 6.07 Å². The van der Waals surface area contributed by atoms with Crippen LogP contribution in [0.25, 0.3) is 0 Å². The van der Waals surface area contributed by atoms with Crippen molar-refractivity contribution < 1.29 is 9.72 Å². The molecule has 1 amide bonds. The molecular weight excluding hydrogens is 260 g/mol. The lowest BCUT2D eigenvalue weighted by Crippen LogP contribution is -2.16. The normalized spacial score (nSPS) is 10.0. The van der Waals surface area contributed by atoms with E-state index in [1.807, 2.05) is 0 Å². The number of nitrogens with zero attached hydrogens (tertiary/aromatic N) is 3. The number of nitro groups is 1. The van der Waals surface area contributed by atoms with Gasteiger partial charge in [-0.3, -0.25) is 14.9 Å². The van der Waals surface area contributed by atoms with E-state index in [4.69, 9.17) is 16.9 Å². The van der Waals surface area contributed by atoms with Gasteiger partial charge in [0.25, 0.3) is 11.6 Å². The molecule has 18 heavy (non-hydrogen) atoms. The second kappa shape index (κ2) is 6.32. The van der Waals surface area contributed by atoms with E-state index < -0.39 is 10.8 Å². The van der Waals surface area contributed by atoms with Crippen LogP contribution in [0.3, 0.4) is 0 Å². The van der Waals surface area contributed by atoms with Gasteiger partial charge in [0, 0.05) is 11.6 Å². The van der Waals surface area contributed by atoms with E-state index in [1.165, 1.54) is 24.4 Å². The van der Waals surface area contributed by atoms with Gasteiger partial charge in [-0.1, -0.05) is 17.7 Å². The third-order valence-electron chi connectivity index (χ3n) is 1.81. The first-order valence-corrected chi connectivity index (χ1v) is 5.05. The van der Waals surface area contributed by atoms with Crippen molar-refractivity contribution in [3.05, 3.63) is 38.9 Å². The minimum Gasteiger partial charge on any atom is -0.272 e. The largest absolute Gasteiger partial charge is 0.288 e. The molecule has 92 valence electrons. The Kier molecular flexibility index (Phi) is 4.78. The number of nitro benzene ring substituents is 1. The SMILES string of the molecule is N#CCC(=O)N/N=C\c1ccc(Cl)c([N+](=O)[O-])c1. The van der Waals surface area contributed by atoms with Crippen LogP contribution in [0.4, 0.5) is 5.69 Å². The molecule has 0 aromatic heterocycles. The molecule has 0 atom stereocenters. The maximum Gasteiger partial charge on any atom is 0.288 e. The van der Waals surface area contributed by atoms with E-state index in [-0.39, 0.29) is 17.1 Å². The molecule has 0 radical (unpaired) electrons. The third-order valence-corrected chi connectivity index (χ3v) is 2.13. The van der Waals surface area contributed by atoms with Crippen LogP contribution in [0.2, 0.25) is 5.02 Å². The van der Waals surface area contributed by atoms with Gasteiger partial charge in [-0.05, 0) is 6.07 Å². The molecule has 8 heteroatoms. The Morgan fingerprint density at radius 2 is 2.39 bits per heavy atom. The lowest BCUT2D eigenvalue weighted by molar-refractivity contribution is -0.384. The van der Waals surface area contributed by atoms with Gasteiger partial charge in [-0.2, -0.15) is 10.4 Å². The van der Waals surface area contributed by atoms with E-state index in [0.29, 0.717) is 5.56 Å². The summed E-state index contributed by atoms with van der Waals surface area (Å²) in [5.74, 6) is -0.558. The Bertz CT molecular complexity index is 551. The van der Waals surface area contributed by atoms with E-state index >= 15 is 0 Å². The average Bonchev–Trinajstić information content (AvgIpc) is 2.31. The highest BCUT2D eigenvalue weighted by molar-refractivity contribution is 6.32. The lowest BCUT2D eigenvalue weighted by Gasteiger charge is -1.97. The summed E-state index contributed by atoms with van der Waals surface area (Å²) in [5.41, 5.74) is 2.26. The fraction of sp³-hybridized carbons (Fsp3) is 0.100. The van der Waals surface area contributed by atoms with Gasteiger partial charge >= 0.3 is 0 Å². The van der Waals surface area contributed by atoms with Crippen molar-refractivity contribution in [1.82, 2.24) is 5.43 Å². The molecule has 0 aliphatic rings. The molecule has 0 saturated carbocycles. The number of amides is 1. The van der Waals surface area contributed by atoms with Gasteiger partial charge in [0.2, 0.25) is 0 Å². The molecule has 0 unspecified atom stereocenters. The minimum absolute atomic E-state index is 0.0191. The summed E-state index contributed by atoms with van der Waals surface area (Å²) in [5, 5.41) is 22.4. The van der Waals surface area contributed by atoms with Gasteiger partial charge in [0.05, 0.1) is 17.2 Å².